The molecule has 0 aromatic rings. The zero-order valence-electron chi connectivity index (χ0n) is 12.0. The third-order valence-electron chi connectivity index (χ3n) is 3.44. The van der Waals surface area contributed by atoms with Crippen molar-refractivity contribution < 1.29 is 4.79 Å². The highest BCUT2D eigenvalue weighted by molar-refractivity contribution is 5.78. The molecule has 0 N–H and O–H groups in total. The maximum atomic E-state index is 12.5. The van der Waals surface area contributed by atoms with Crippen LogP contribution in [-0.4, -0.2) is 23.9 Å². The lowest BCUT2D eigenvalue weighted by atomic mass is 9.88. The number of hydrogen-bond acceptors (Lipinski definition) is 1. The minimum atomic E-state index is 0.321. The lowest BCUT2D eigenvalue weighted by molar-refractivity contribution is -0.137. The minimum absolute atomic E-state index is 0.321. The van der Waals surface area contributed by atoms with Crippen LogP contribution in [0.25, 0.3) is 0 Å². The summed E-state index contributed by atoms with van der Waals surface area (Å²) in [6.45, 7) is 10.6. The van der Waals surface area contributed by atoms with Crippen LogP contribution in [0.5, 0.6) is 0 Å². The molecule has 1 saturated carbocycles. The molecule has 1 aliphatic rings. The molecule has 0 aliphatic heterocycles. The topological polar surface area (TPSA) is 20.3 Å². The molecule has 0 spiro atoms. The molecule has 1 rings (SSSR count). The van der Waals surface area contributed by atoms with Gasteiger partial charge in [-0.1, -0.05) is 47.0 Å². The van der Waals surface area contributed by atoms with Crippen molar-refractivity contribution in [3.63, 3.8) is 0 Å². The SMILES string of the molecule is CC(C)CN(CC(C)C)C(=O)C1CCCCC1. The zero-order valence-corrected chi connectivity index (χ0v) is 12.0. The standard InChI is InChI=1S/C15H29NO/c1-12(2)10-16(11-13(3)4)15(17)14-8-6-5-7-9-14/h12-14H,5-11H2,1-4H3. The van der Waals surface area contributed by atoms with Gasteiger partial charge in [-0.05, 0) is 24.7 Å². The molecule has 0 aromatic heterocycles. The lowest BCUT2D eigenvalue weighted by Crippen LogP contribution is -2.41. The first-order valence-electron chi connectivity index (χ1n) is 7.29. The van der Waals surface area contributed by atoms with Gasteiger partial charge >= 0.3 is 0 Å². The van der Waals surface area contributed by atoms with Crippen molar-refractivity contribution in [1.29, 1.82) is 0 Å². The molecular formula is C15H29NO. The van der Waals surface area contributed by atoms with Crippen molar-refractivity contribution in [3.8, 4) is 0 Å². The van der Waals surface area contributed by atoms with E-state index in [1.165, 1.54) is 19.3 Å². The van der Waals surface area contributed by atoms with E-state index >= 15 is 0 Å². The summed E-state index contributed by atoms with van der Waals surface area (Å²) in [5, 5.41) is 0. The minimum Gasteiger partial charge on any atom is -0.342 e. The van der Waals surface area contributed by atoms with Gasteiger partial charge in [0.25, 0.3) is 0 Å². The van der Waals surface area contributed by atoms with Gasteiger partial charge in [0.15, 0.2) is 0 Å². The Hall–Kier alpha value is -0.530. The van der Waals surface area contributed by atoms with E-state index in [9.17, 15) is 4.79 Å². The normalized spacial score (nSPS) is 17.8. The Morgan fingerprint density at radius 2 is 1.47 bits per heavy atom. The van der Waals surface area contributed by atoms with Crippen LogP contribution < -0.4 is 0 Å². The van der Waals surface area contributed by atoms with Crippen molar-refractivity contribution in [2.45, 2.75) is 59.8 Å². The van der Waals surface area contributed by atoms with E-state index in [1.54, 1.807) is 0 Å². The summed E-state index contributed by atoms with van der Waals surface area (Å²) in [5.74, 6) is 1.89. The van der Waals surface area contributed by atoms with E-state index < -0.39 is 0 Å². The van der Waals surface area contributed by atoms with Crippen LogP contribution in [0.3, 0.4) is 0 Å². The van der Waals surface area contributed by atoms with E-state index in [0.717, 1.165) is 25.9 Å². The first kappa shape index (κ1) is 14.5. The van der Waals surface area contributed by atoms with Crippen LogP contribution in [0, 0.1) is 17.8 Å². The summed E-state index contributed by atoms with van der Waals surface area (Å²) in [5.41, 5.74) is 0. The second-order valence-electron chi connectivity index (χ2n) is 6.37. The second kappa shape index (κ2) is 7.03. The number of carbonyl (C=O) groups excluding carboxylic acids is 1. The molecule has 100 valence electrons. The number of amides is 1. The molecule has 0 aromatic carbocycles. The average Bonchev–Trinajstić information content (AvgIpc) is 2.27. The molecular weight excluding hydrogens is 210 g/mol. The molecule has 1 aliphatic carbocycles. The summed E-state index contributed by atoms with van der Waals surface area (Å²) >= 11 is 0. The molecule has 0 bridgehead atoms. The van der Waals surface area contributed by atoms with E-state index in [1.807, 2.05) is 0 Å². The average molecular weight is 239 g/mol. The molecule has 0 heterocycles. The monoisotopic (exact) mass is 239 g/mol. The van der Waals surface area contributed by atoms with Gasteiger partial charge in [-0.2, -0.15) is 0 Å². The van der Waals surface area contributed by atoms with Gasteiger partial charge < -0.3 is 4.90 Å². The highest BCUT2D eigenvalue weighted by Crippen LogP contribution is 2.26. The van der Waals surface area contributed by atoms with Crippen molar-refractivity contribution in [2.24, 2.45) is 17.8 Å². The fourth-order valence-corrected chi connectivity index (χ4v) is 2.74. The molecule has 0 atom stereocenters. The Morgan fingerprint density at radius 1 is 1.00 bits per heavy atom. The molecule has 0 saturated heterocycles. The quantitative estimate of drug-likeness (QED) is 0.716. The largest absolute Gasteiger partial charge is 0.342 e. The Labute approximate surface area is 107 Å². The third-order valence-corrected chi connectivity index (χ3v) is 3.44. The van der Waals surface area contributed by atoms with E-state index in [2.05, 4.69) is 32.6 Å². The van der Waals surface area contributed by atoms with Crippen LogP contribution in [0.4, 0.5) is 0 Å². The van der Waals surface area contributed by atoms with Gasteiger partial charge in [0, 0.05) is 19.0 Å². The first-order valence-corrected chi connectivity index (χ1v) is 7.29. The van der Waals surface area contributed by atoms with Gasteiger partial charge in [0.05, 0.1) is 0 Å². The molecule has 0 unspecified atom stereocenters. The fourth-order valence-electron chi connectivity index (χ4n) is 2.74. The molecule has 1 fully saturated rings. The first-order chi connectivity index (χ1) is 8.00. The van der Waals surface area contributed by atoms with Crippen LogP contribution in [0.2, 0.25) is 0 Å². The summed E-state index contributed by atoms with van der Waals surface area (Å²) in [6, 6.07) is 0. The zero-order chi connectivity index (χ0) is 12.8. The molecule has 0 radical (unpaired) electrons. The van der Waals surface area contributed by atoms with E-state index in [4.69, 9.17) is 0 Å². The van der Waals surface area contributed by atoms with Crippen molar-refractivity contribution >= 4 is 5.91 Å². The molecule has 1 amide bonds. The summed E-state index contributed by atoms with van der Waals surface area (Å²) in [6.07, 6.45) is 6.04. The fraction of sp³-hybridized carbons (Fsp3) is 0.933. The van der Waals surface area contributed by atoms with Gasteiger partial charge in [0.2, 0.25) is 5.91 Å². The Morgan fingerprint density at radius 3 is 1.88 bits per heavy atom. The van der Waals surface area contributed by atoms with Crippen molar-refractivity contribution in [3.05, 3.63) is 0 Å². The Balaban J connectivity index is 2.56. The highest BCUT2D eigenvalue weighted by Gasteiger charge is 2.26. The number of rotatable bonds is 5. The predicted molar refractivity (Wildman–Crippen MR) is 72.8 cm³/mol. The van der Waals surface area contributed by atoms with E-state index in [0.29, 0.717) is 23.7 Å². The molecule has 2 heteroatoms. The number of carbonyl (C=O) groups is 1. The lowest BCUT2D eigenvalue weighted by Gasteiger charge is -2.31. The number of hydrogen-bond donors (Lipinski definition) is 0. The predicted octanol–water partition coefficient (Wildman–Crippen LogP) is 3.71. The highest BCUT2D eigenvalue weighted by atomic mass is 16.2. The Kier molecular flexibility index (Phi) is 6.01. The second-order valence-corrected chi connectivity index (χ2v) is 6.37. The summed E-state index contributed by atoms with van der Waals surface area (Å²) < 4.78 is 0. The van der Waals surface area contributed by atoms with Crippen LogP contribution in [0.15, 0.2) is 0 Å². The summed E-state index contributed by atoms with van der Waals surface area (Å²) in [4.78, 5) is 14.6. The van der Waals surface area contributed by atoms with E-state index in [-0.39, 0.29) is 0 Å². The van der Waals surface area contributed by atoms with Crippen LogP contribution in [0.1, 0.15) is 59.8 Å². The van der Waals surface area contributed by atoms with Crippen LogP contribution >= 0.6 is 0 Å². The molecule has 17 heavy (non-hydrogen) atoms. The summed E-state index contributed by atoms with van der Waals surface area (Å²) in [7, 11) is 0. The number of nitrogens with zero attached hydrogens (tertiary/aromatic N) is 1. The van der Waals surface area contributed by atoms with Crippen LogP contribution in [-0.2, 0) is 4.79 Å². The molecule has 2 nitrogen and oxygen atoms in total. The van der Waals surface area contributed by atoms with Gasteiger partial charge in [-0.15, -0.1) is 0 Å². The maximum Gasteiger partial charge on any atom is 0.225 e. The van der Waals surface area contributed by atoms with Crippen molar-refractivity contribution in [2.75, 3.05) is 13.1 Å². The maximum absolute atomic E-state index is 12.5. The van der Waals surface area contributed by atoms with Gasteiger partial charge in [0.1, 0.15) is 0 Å². The van der Waals surface area contributed by atoms with Gasteiger partial charge in [-0.25, -0.2) is 0 Å². The Bertz CT molecular complexity index is 219. The van der Waals surface area contributed by atoms with Gasteiger partial charge in [-0.3, -0.25) is 4.79 Å². The smallest absolute Gasteiger partial charge is 0.225 e. The third kappa shape index (κ3) is 5.10. The van der Waals surface area contributed by atoms with Crippen molar-refractivity contribution in [1.82, 2.24) is 4.90 Å².